The van der Waals surface area contributed by atoms with Gasteiger partial charge in [0.15, 0.2) is 0 Å². The van der Waals surface area contributed by atoms with Gasteiger partial charge in [0.2, 0.25) is 0 Å². The van der Waals surface area contributed by atoms with Crippen molar-refractivity contribution in [1.82, 2.24) is 37.2 Å². The lowest BCUT2D eigenvalue weighted by Crippen LogP contribution is -2.35. The molecule has 0 amide bonds. The van der Waals surface area contributed by atoms with Gasteiger partial charge < -0.3 is 42.9 Å². The fraction of sp³-hybridized carbons (Fsp3) is 1.00. The smallest absolute Gasteiger partial charge is 0.123 e. The Bertz CT molecular complexity index is 588. The Labute approximate surface area is 307 Å². The van der Waals surface area contributed by atoms with Crippen molar-refractivity contribution in [1.29, 1.82) is 0 Å². The summed E-state index contributed by atoms with van der Waals surface area (Å²) in [4.78, 5) is 0. The molecule has 0 aromatic heterocycles. The molecule has 0 bridgehead atoms. The van der Waals surface area contributed by atoms with E-state index < -0.39 is 0 Å². The molecule has 0 aromatic carbocycles. The number of hydrogen-bond acceptors (Lipinski definition) is 8. The third-order valence-corrected chi connectivity index (χ3v) is 4.32. The summed E-state index contributed by atoms with van der Waals surface area (Å²) >= 11 is 0. The minimum Gasteiger partial charge on any atom is -0.331 e. The van der Waals surface area contributed by atoms with Gasteiger partial charge in [-0.25, -0.2) is 0 Å². The first-order valence-electron chi connectivity index (χ1n) is 22.5. The van der Waals surface area contributed by atoms with Gasteiger partial charge in [0.1, 0.15) is 11.3 Å². The molecule has 46 heavy (non-hydrogen) atoms. The molecule has 0 radical (unpaired) electrons. The summed E-state index contributed by atoms with van der Waals surface area (Å²) in [6.07, 6.45) is 7.12. The summed E-state index contributed by atoms with van der Waals surface area (Å²) in [7, 11) is 1.72. The molecule has 9 N–H and O–H groups in total. The second-order valence-corrected chi connectivity index (χ2v) is 11.0. The Morgan fingerprint density at radius 2 is 1.11 bits per heavy atom. The van der Waals surface area contributed by atoms with Gasteiger partial charge in [-0.1, -0.05) is 110 Å². The Balaban J connectivity index is -0.0000000743. The number of unbranched alkanes of at least 4 members (excludes halogenated alkanes) is 1. The van der Waals surface area contributed by atoms with Crippen LogP contribution in [0.5, 0.6) is 0 Å². The number of hydrogen-bond donors (Lipinski definition) is 8. The maximum atomic E-state index is 7.31. The Hall–Kier alpha value is -0.320. The second-order valence-electron chi connectivity index (χ2n) is 11.0. The van der Waals surface area contributed by atoms with Gasteiger partial charge in [0, 0.05) is 11.6 Å². The SMILES string of the molecule is CCC.[2H]N(C)CC.[2H]N(CC)C(C)(C)C.[2H]N(CC)C(C)C.[2H]N(CC)CC.[2H]N(CC)CCC.[2H]N(CC)CCCC.[2H]N1CCCC1.[2H]NCC. The van der Waals surface area contributed by atoms with Crippen LogP contribution in [0.25, 0.3) is 0 Å². The van der Waals surface area contributed by atoms with Crippen molar-refractivity contribution < 1.29 is 11.3 Å². The summed E-state index contributed by atoms with van der Waals surface area (Å²) in [6.45, 7) is 44.6. The molecule has 0 atom stereocenters. The average Bonchev–Trinajstić information content (AvgIpc) is 3.64. The van der Waals surface area contributed by atoms with Gasteiger partial charge in [-0.2, -0.15) is 0 Å². The number of nitrogens with two attached hydrogens (primary N) is 1. The molecule has 0 aliphatic carbocycles. The van der Waals surface area contributed by atoms with Crippen molar-refractivity contribution in [2.45, 2.75) is 168 Å². The van der Waals surface area contributed by atoms with E-state index in [2.05, 4.69) is 33.4 Å². The van der Waals surface area contributed by atoms with E-state index in [0.29, 0.717) is 6.04 Å². The van der Waals surface area contributed by atoms with E-state index >= 15 is 0 Å². The van der Waals surface area contributed by atoms with E-state index in [1.807, 2.05) is 90.0 Å². The molecule has 1 aliphatic rings. The molecule has 0 unspecified atom stereocenters. The van der Waals surface area contributed by atoms with Crippen LogP contribution in [-0.4, -0.2) is 97.2 Å². The minimum absolute atomic E-state index is 0.00868. The molecule has 0 aromatic rings. The molecule has 0 spiro atoms. The van der Waals surface area contributed by atoms with Crippen LogP contribution in [0, 0.1) is 0 Å². The van der Waals surface area contributed by atoms with E-state index in [-0.39, 0.29) is 5.54 Å². The predicted octanol–water partition coefficient (Wildman–Crippen LogP) is 7.39. The zero-order chi connectivity index (χ0) is 44.6. The normalized spacial score (nSPS) is 14.2. The highest BCUT2D eigenvalue weighted by atomic mass is 14.9. The summed E-state index contributed by atoms with van der Waals surface area (Å²) < 4.78 is 55.4. The predicted molar refractivity (Wildman–Crippen MR) is 221 cm³/mol. The molecule has 1 heterocycles. The summed E-state index contributed by atoms with van der Waals surface area (Å²) in [5.74, 6) is 0. The van der Waals surface area contributed by atoms with Crippen LogP contribution >= 0.6 is 0 Å². The molecule has 292 valence electrons. The third-order valence-electron chi connectivity index (χ3n) is 4.32. The first kappa shape index (κ1) is 43.7. The van der Waals surface area contributed by atoms with E-state index in [9.17, 15) is 0 Å². The van der Waals surface area contributed by atoms with Crippen LogP contribution in [0.1, 0.15) is 156 Å². The zero-order valence-electron chi connectivity index (χ0n) is 43.4. The molecule has 8 nitrogen and oxygen atoms in total. The van der Waals surface area contributed by atoms with Crippen LogP contribution < -0.4 is 42.9 Å². The first-order valence-corrected chi connectivity index (χ1v) is 18.9. The molecule has 1 saturated heterocycles. The van der Waals surface area contributed by atoms with Crippen LogP contribution in [-0.2, 0) is 0 Å². The lowest BCUT2D eigenvalue weighted by atomic mass is 10.1. The van der Waals surface area contributed by atoms with Gasteiger partial charge in [-0.3, -0.25) is 0 Å². The second kappa shape index (κ2) is 75.2. The van der Waals surface area contributed by atoms with Gasteiger partial charge in [0.25, 0.3) is 0 Å². The molecule has 8 heteroatoms. The minimum atomic E-state index is 0.00868. The Morgan fingerprint density at radius 3 is 1.22 bits per heavy atom. The summed E-state index contributed by atoms with van der Waals surface area (Å²) in [5.41, 5.74) is 2.19. The van der Waals surface area contributed by atoms with E-state index in [1.165, 1.54) is 36.3 Å². The van der Waals surface area contributed by atoms with Crippen molar-refractivity contribution in [2.75, 3.05) is 85.6 Å². The highest BCUT2D eigenvalue weighted by Crippen LogP contribution is 1.95. The first-order chi connectivity index (χ1) is 25.1. The standard InChI is InChI=1S/2C6H15N.2C5H13N.C4H9N.C4H11N.C3H9N.C3H8.C2H7N/c1-5-7-6(2,3)4;1-3-5-6-7-4-2;1-4-6-5(2)3;1-3-5-6-4-2;1-2-4-5-3-1;1-3-5-4-2;1-3-4-2;1-3-2;1-2-3/h7H,5H2,1-4H3;7H,3-6H2,1-2H3;5-6H,4H2,1-3H3;6H,3-5H2,1-2H3;5H,1-4H2;5H,3-4H2,1-2H3;4H,3H2,1-2H3;3H2,1-2H3;2-3H2,1H3/i/hD8. The molecule has 1 aliphatic heterocycles. The molecule has 1 rings (SSSR count). The van der Waals surface area contributed by atoms with Crippen LogP contribution in [0.15, 0.2) is 0 Å². The summed E-state index contributed by atoms with van der Waals surface area (Å²) in [6, 6.07) is 0.366. The average molecular weight is 677 g/mol. The van der Waals surface area contributed by atoms with Gasteiger partial charge in [-0.05, 0) is 132 Å². The van der Waals surface area contributed by atoms with Gasteiger partial charge >= 0.3 is 0 Å². The Morgan fingerprint density at radius 1 is 0.696 bits per heavy atom. The zero-order valence-corrected chi connectivity index (χ0v) is 35.4. The number of rotatable bonds is 14. The highest BCUT2D eigenvalue weighted by Gasteiger charge is 2.04. The molecular formula is C38H100N8. The van der Waals surface area contributed by atoms with E-state index in [1.54, 1.807) is 33.6 Å². The van der Waals surface area contributed by atoms with Gasteiger partial charge in [-0.15, -0.1) is 0 Å². The van der Waals surface area contributed by atoms with E-state index in [4.69, 9.17) is 11.3 Å². The fourth-order valence-corrected chi connectivity index (χ4v) is 2.37. The largest absolute Gasteiger partial charge is 0.331 e. The molecular weight excluding hydrogens is 568 g/mol. The van der Waals surface area contributed by atoms with Crippen LogP contribution in [0.2, 0.25) is 11.3 Å². The quantitative estimate of drug-likeness (QED) is 0.0962. The fourth-order valence-electron chi connectivity index (χ4n) is 2.37. The maximum Gasteiger partial charge on any atom is 0.123 e. The van der Waals surface area contributed by atoms with Crippen LogP contribution in [0.3, 0.4) is 0 Å². The Kier molecular flexibility index (Phi) is 71.4. The van der Waals surface area contributed by atoms with Crippen molar-refractivity contribution in [3.8, 4) is 0 Å². The lowest BCUT2D eigenvalue weighted by molar-refractivity contribution is 0.439. The van der Waals surface area contributed by atoms with Crippen molar-refractivity contribution in [3.05, 3.63) is 0 Å². The molecule has 0 saturated carbocycles. The highest BCUT2D eigenvalue weighted by molar-refractivity contribution is 4.67. The summed E-state index contributed by atoms with van der Waals surface area (Å²) in [5, 5.41) is 10.7. The topological polar surface area (TPSA) is 110 Å². The van der Waals surface area contributed by atoms with Gasteiger partial charge in [0.05, 0.1) is 0 Å². The van der Waals surface area contributed by atoms with Crippen molar-refractivity contribution in [2.24, 2.45) is 5.73 Å². The van der Waals surface area contributed by atoms with Crippen LogP contribution in [0.4, 0.5) is 0 Å². The lowest BCUT2D eigenvalue weighted by Gasteiger charge is -2.18. The molecule has 1 fully saturated rings. The maximum absolute atomic E-state index is 7.31. The monoisotopic (exact) mass is 677 g/mol. The third kappa shape index (κ3) is 169. The number of nitrogens with one attached hydrogen (secondary N) is 7. The van der Waals surface area contributed by atoms with E-state index in [0.717, 1.165) is 91.4 Å². The van der Waals surface area contributed by atoms with Crippen molar-refractivity contribution in [3.63, 3.8) is 0 Å². The van der Waals surface area contributed by atoms with Crippen molar-refractivity contribution >= 4 is 0 Å².